The number of sulfonamides is 1. The van der Waals surface area contributed by atoms with Crippen molar-refractivity contribution in [3.63, 3.8) is 0 Å². The van der Waals surface area contributed by atoms with Gasteiger partial charge < -0.3 is 14.2 Å². The number of fused-ring (bicyclic) bond motifs is 1. The van der Waals surface area contributed by atoms with Gasteiger partial charge in [0.15, 0.2) is 0 Å². The second kappa shape index (κ2) is 8.50. The molecule has 4 rings (SSSR count). The Balaban J connectivity index is 2.13. The minimum absolute atomic E-state index is 0.0609. The first-order valence-corrected chi connectivity index (χ1v) is 11.2. The Morgan fingerprint density at radius 2 is 1.82 bits per heavy atom. The Hall–Kier alpha value is -3.42. The van der Waals surface area contributed by atoms with E-state index in [-0.39, 0.29) is 33.7 Å². The molecule has 0 atom stereocenters. The second-order valence-corrected chi connectivity index (χ2v) is 8.66. The molecule has 3 heterocycles. The van der Waals surface area contributed by atoms with E-state index in [0.717, 1.165) is 0 Å². The summed E-state index contributed by atoms with van der Waals surface area (Å²) < 4.78 is 55.9. The third kappa shape index (κ3) is 3.94. The molecule has 0 amide bonds. The molecule has 2 N–H and O–H groups in total. The van der Waals surface area contributed by atoms with E-state index >= 15 is 0 Å². The quantitative estimate of drug-likeness (QED) is 0.412. The first kappa shape index (κ1) is 22.8. The molecule has 0 radical (unpaired) electrons. The first-order chi connectivity index (χ1) is 15.7. The van der Waals surface area contributed by atoms with E-state index in [1.807, 2.05) is 0 Å². The number of hydrogen-bond acceptors (Lipinski definition) is 8. The Bertz CT molecular complexity index is 1440. The van der Waals surface area contributed by atoms with Gasteiger partial charge in [0.25, 0.3) is 11.8 Å². The number of primary sulfonamides is 1. The average Bonchev–Trinajstić information content (AvgIpc) is 3.37. The molecule has 3 aromatic heterocycles. The smallest absolute Gasteiger partial charge is 0.266 e. The van der Waals surface area contributed by atoms with Crippen LogP contribution in [0.25, 0.3) is 28.1 Å². The molecular formula is C19H18ClFN6O5S. The number of aryl methyl sites for hydroxylation is 1. The number of nitrogens with zero attached hydrogens (tertiary/aromatic N) is 5. The molecular weight excluding hydrogens is 479 g/mol. The van der Waals surface area contributed by atoms with Gasteiger partial charge in [-0.25, -0.2) is 17.9 Å². The van der Waals surface area contributed by atoms with Crippen molar-refractivity contribution in [3.05, 3.63) is 35.6 Å². The second-order valence-electron chi connectivity index (χ2n) is 6.73. The van der Waals surface area contributed by atoms with Gasteiger partial charge in [0.1, 0.15) is 4.90 Å². The fourth-order valence-electron chi connectivity index (χ4n) is 3.41. The van der Waals surface area contributed by atoms with Crippen molar-refractivity contribution in [1.29, 1.82) is 0 Å². The van der Waals surface area contributed by atoms with Crippen molar-refractivity contribution in [1.82, 2.24) is 24.3 Å². The van der Waals surface area contributed by atoms with Gasteiger partial charge in [-0.1, -0.05) is 11.6 Å². The predicted molar refractivity (Wildman–Crippen MR) is 117 cm³/mol. The van der Waals surface area contributed by atoms with Gasteiger partial charge >= 0.3 is 0 Å². The van der Waals surface area contributed by atoms with Gasteiger partial charge in [0, 0.05) is 30.4 Å². The van der Waals surface area contributed by atoms with Crippen LogP contribution in [-0.4, -0.2) is 53.8 Å². The summed E-state index contributed by atoms with van der Waals surface area (Å²) in [5, 5.41) is 10.4. The molecule has 0 fully saturated rings. The van der Waals surface area contributed by atoms with Crippen molar-refractivity contribution in [2.24, 2.45) is 12.2 Å². The molecule has 1 aromatic carbocycles. The summed E-state index contributed by atoms with van der Waals surface area (Å²) in [4.78, 5) is 8.33. The maximum absolute atomic E-state index is 12.9. The zero-order valence-electron chi connectivity index (χ0n) is 17.6. The maximum Gasteiger partial charge on any atom is 0.266 e. The van der Waals surface area contributed by atoms with Crippen LogP contribution in [0.15, 0.2) is 35.5 Å². The van der Waals surface area contributed by atoms with E-state index in [1.54, 1.807) is 30.1 Å². The van der Waals surface area contributed by atoms with E-state index in [0.29, 0.717) is 21.8 Å². The highest BCUT2D eigenvalue weighted by Gasteiger charge is 2.26. The highest BCUT2D eigenvalue weighted by atomic mass is 35.5. The van der Waals surface area contributed by atoms with Gasteiger partial charge in [-0.3, -0.25) is 9.25 Å². The van der Waals surface area contributed by atoms with Crippen LogP contribution >= 0.6 is 11.6 Å². The van der Waals surface area contributed by atoms with E-state index < -0.39 is 16.9 Å². The molecule has 14 heteroatoms. The van der Waals surface area contributed by atoms with Crippen LogP contribution in [0.3, 0.4) is 0 Å². The van der Waals surface area contributed by atoms with E-state index in [2.05, 4.69) is 15.1 Å². The Morgan fingerprint density at radius 1 is 1.15 bits per heavy atom. The Morgan fingerprint density at radius 3 is 2.33 bits per heavy atom. The first-order valence-electron chi connectivity index (χ1n) is 9.25. The molecule has 174 valence electrons. The molecule has 4 aromatic rings. The number of rotatable bonds is 7. The number of halogens is 2. The summed E-state index contributed by atoms with van der Waals surface area (Å²) in [6, 6.07) is 4.79. The van der Waals surface area contributed by atoms with Crippen LogP contribution in [0.4, 0.5) is 4.39 Å². The third-order valence-corrected chi connectivity index (χ3v) is 6.00. The normalized spacial score (nSPS) is 11.7. The molecule has 0 bridgehead atoms. The zero-order valence-corrected chi connectivity index (χ0v) is 19.2. The third-order valence-electron chi connectivity index (χ3n) is 4.75. The van der Waals surface area contributed by atoms with Crippen LogP contribution in [0, 0.1) is 0 Å². The highest BCUT2D eigenvalue weighted by molar-refractivity contribution is 7.89. The molecule has 11 nitrogen and oxygen atoms in total. The largest absolute Gasteiger partial charge is 0.478 e. The van der Waals surface area contributed by atoms with Crippen molar-refractivity contribution in [2.45, 2.75) is 4.90 Å². The van der Waals surface area contributed by atoms with Crippen LogP contribution in [0.2, 0.25) is 5.02 Å². The number of alkyl halides is 1. The zero-order chi connectivity index (χ0) is 23.9. The number of ether oxygens (including phenoxy) is 3. The van der Waals surface area contributed by atoms with Gasteiger partial charge in [-0.15, -0.1) is 0 Å². The molecule has 33 heavy (non-hydrogen) atoms. The maximum atomic E-state index is 12.9. The molecule has 0 spiro atoms. The number of benzene rings is 1. The van der Waals surface area contributed by atoms with E-state index in [1.165, 1.54) is 31.0 Å². The van der Waals surface area contributed by atoms with Crippen LogP contribution in [0.1, 0.15) is 0 Å². The number of methoxy groups -OCH3 is 2. The van der Waals surface area contributed by atoms with Crippen molar-refractivity contribution in [2.75, 3.05) is 21.1 Å². The van der Waals surface area contributed by atoms with Crippen LogP contribution in [-0.2, 0) is 17.1 Å². The fourth-order valence-corrected chi connectivity index (χ4v) is 4.38. The van der Waals surface area contributed by atoms with Gasteiger partial charge in [-0.05, 0) is 18.2 Å². The number of nitrogens with two attached hydrogens (primary N) is 1. The lowest BCUT2D eigenvalue weighted by Crippen LogP contribution is -2.11. The molecule has 0 aliphatic heterocycles. The van der Waals surface area contributed by atoms with E-state index in [9.17, 15) is 12.8 Å². The average molecular weight is 497 g/mol. The van der Waals surface area contributed by atoms with Crippen molar-refractivity contribution >= 4 is 32.5 Å². The summed E-state index contributed by atoms with van der Waals surface area (Å²) in [7, 11) is 0.182. The van der Waals surface area contributed by atoms with Gasteiger partial charge in [0.05, 0.1) is 30.5 Å². The standard InChI is InChI=1S/C19H18ClFN6O5S/c1-26-7-6-12(25-26)14-11(20)5-4-10-13(33(22,28)29)8-27(15(10)14)19-23-17(30-2)16(32-9-21)18(24-19)31-3/h4-8H,9H2,1-3H3,(H2,22,28,29). The van der Waals surface area contributed by atoms with E-state index in [4.69, 9.17) is 31.0 Å². The van der Waals surface area contributed by atoms with Gasteiger partial charge in [0.2, 0.25) is 28.6 Å². The Kier molecular flexibility index (Phi) is 5.86. The van der Waals surface area contributed by atoms with Crippen LogP contribution < -0.4 is 19.3 Å². The fraction of sp³-hybridized carbons (Fsp3) is 0.211. The molecule has 0 aliphatic carbocycles. The molecule has 0 aliphatic rings. The van der Waals surface area contributed by atoms with Gasteiger partial charge in [-0.2, -0.15) is 15.1 Å². The SMILES string of the molecule is COc1nc(-n2cc(S(N)(=O)=O)c3ccc(Cl)c(-c4ccn(C)n4)c32)nc(OC)c1OCF. The monoisotopic (exact) mass is 496 g/mol. The lowest BCUT2D eigenvalue weighted by atomic mass is 10.1. The summed E-state index contributed by atoms with van der Waals surface area (Å²) in [6.45, 7) is -1.17. The van der Waals surface area contributed by atoms with Crippen molar-refractivity contribution in [3.8, 4) is 34.7 Å². The van der Waals surface area contributed by atoms with Crippen LogP contribution in [0.5, 0.6) is 17.5 Å². The topological polar surface area (TPSA) is 136 Å². The lowest BCUT2D eigenvalue weighted by molar-refractivity contribution is 0.173. The summed E-state index contributed by atoms with van der Waals surface area (Å²) >= 11 is 6.52. The summed E-state index contributed by atoms with van der Waals surface area (Å²) in [6.07, 6.45) is 2.97. The minimum Gasteiger partial charge on any atom is -0.478 e. The summed E-state index contributed by atoms with van der Waals surface area (Å²) in [5.41, 5.74) is 1.23. The van der Waals surface area contributed by atoms with Crippen molar-refractivity contribution < 1.29 is 27.0 Å². The summed E-state index contributed by atoms with van der Waals surface area (Å²) in [5.74, 6) is -0.476. The predicted octanol–water partition coefficient (Wildman–Crippen LogP) is 2.44. The number of hydrogen-bond donors (Lipinski definition) is 1. The Labute approximate surface area is 192 Å². The number of aromatic nitrogens is 5. The highest BCUT2D eigenvalue weighted by Crippen LogP contribution is 2.40. The minimum atomic E-state index is -4.15. The lowest BCUT2D eigenvalue weighted by Gasteiger charge is -2.14. The molecule has 0 unspecified atom stereocenters. The molecule has 0 saturated carbocycles. The molecule has 0 saturated heterocycles.